The van der Waals surface area contributed by atoms with Gasteiger partial charge in [-0.25, -0.2) is 13.2 Å². The van der Waals surface area contributed by atoms with Crippen LogP contribution in [0.2, 0.25) is 0 Å². The van der Waals surface area contributed by atoms with E-state index in [9.17, 15) is 18.0 Å². The highest BCUT2D eigenvalue weighted by atomic mass is 19.1. The molecule has 0 radical (unpaired) electrons. The van der Waals surface area contributed by atoms with E-state index in [1.54, 1.807) is 37.1 Å². The van der Waals surface area contributed by atoms with Crippen molar-refractivity contribution in [1.29, 1.82) is 0 Å². The van der Waals surface area contributed by atoms with Crippen molar-refractivity contribution in [1.82, 2.24) is 4.90 Å². The van der Waals surface area contributed by atoms with E-state index < -0.39 is 35.0 Å². The fourth-order valence-corrected chi connectivity index (χ4v) is 2.48. The molecule has 0 saturated carbocycles. The van der Waals surface area contributed by atoms with E-state index >= 15 is 0 Å². The molecule has 0 spiro atoms. The molecule has 1 atom stereocenters. The summed E-state index contributed by atoms with van der Waals surface area (Å²) in [6, 6.07) is 6.54. The van der Waals surface area contributed by atoms with E-state index in [-0.39, 0.29) is 11.3 Å². The van der Waals surface area contributed by atoms with Crippen LogP contribution in [-0.2, 0) is 0 Å². The number of rotatable bonds is 8. The zero-order valence-corrected chi connectivity index (χ0v) is 15.1. The Morgan fingerprint density at radius 2 is 1.85 bits per heavy atom. The summed E-state index contributed by atoms with van der Waals surface area (Å²) < 4.78 is 47.7. The van der Waals surface area contributed by atoms with Crippen molar-refractivity contribution < 1.29 is 22.7 Å². The normalized spacial score (nSPS) is 12.4. The first-order chi connectivity index (χ1) is 12.9. The van der Waals surface area contributed by atoms with Crippen molar-refractivity contribution in [3.63, 3.8) is 0 Å². The zero-order chi connectivity index (χ0) is 20.0. The summed E-state index contributed by atoms with van der Waals surface area (Å²) in [4.78, 5) is 14.1. The molecule has 2 aromatic rings. The Morgan fingerprint density at radius 1 is 1.19 bits per heavy atom. The highest BCUT2D eigenvalue weighted by Crippen LogP contribution is 2.24. The second-order valence-corrected chi connectivity index (χ2v) is 5.83. The van der Waals surface area contributed by atoms with Crippen LogP contribution < -0.4 is 4.74 Å². The molecule has 0 heterocycles. The van der Waals surface area contributed by atoms with Gasteiger partial charge in [-0.3, -0.25) is 9.69 Å². The first-order valence-electron chi connectivity index (χ1n) is 8.28. The second-order valence-electron chi connectivity index (χ2n) is 5.83. The van der Waals surface area contributed by atoms with Gasteiger partial charge in [0.05, 0.1) is 5.56 Å². The average Bonchev–Trinajstić information content (AvgIpc) is 2.62. The SMILES string of the molecule is C=CCN(C)C(/C=C/C)Oc1ccc(C(=O)c2c(F)cccc2F)cc1F. The number of hydrogen-bond acceptors (Lipinski definition) is 3. The number of hydrogen-bond donors (Lipinski definition) is 0. The van der Waals surface area contributed by atoms with Crippen LogP contribution in [0.4, 0.5) is 13.2 Å². The lowest BCUT2D eigenvalue weighted by atomic mass is 10.0. The molecule has 3 nitrogen and oxygen atoms in total. The number of carbonyl (C=O) groups excluding carboxylic acids is 1. The van der Waals surface area contributed by atoms with Gasteiger partial charge in [-0.1, -0.05) is 18.2 Å². The van der Waals surface area contributed by atoms with Crippen LogP contribution in [0.1, 0.15) is 22.8 Å². The van der Waals surface area contributed by atoms with Gasteiger partial charge in [0.15, 0.2) is 23.6 Å². The van der Waals surface area contributed by atoms with Gasteiger partial charge in [0.2, 0.25) is 0 Å². The average molecular weight is 375 g/mol. The Morgan fingerprint density at radius 3 is 2.41 bits per heavy atom. The molecule has 0 fully saturated rings. The lowest BCUT2D eigenvalue weighted by Crippen LogP contribution is -2.35. The number of nitrogens with zero attached hydrogens (tertiary/aromatic N) is 1. The van der Waals surface area contributed by atoms with E-state index in [2.05, 4.69) is 6.58 Å². The van der Waals surface area contributed by atoms with Crippen LogP contribution in [0.15, 0.2) is 61.2 Å². The number of likely N-dealkylation sites (N-methyl/N-ethyl adjacent to an activating group) is 1. The van der Waals surface area contributed by atoms with Crippen molar-refractivity contribution in [3.05, 3.63) is 89.8 Å². The topological polar surface area (TPSA) is 29.5 Å². The molecule has 0 saturated heterocycles. The van der Waals surface area contributed by atoms with Gasteiger partial charge in [-0.15, -0.1) is 6.58 Å². The van der Waals surface area contributed by atoms with Crippen LogP contribution >= 0.6 is 0 Å². The highest BCUT2D eigenvalue weighted by molar-refractivity contribution is 6.09. The maximum absolute atomic E-state index is 14.4. The number of benzene rings is 2. The molecule has 1 unspecified atom stereocenters. The third kappa shape index (κ3) is 4.86. The molecular weight excluding hydrogens is 355 g/mol. The summed E-state index contributed by atoms with van der Waals surface area (Å²) in [5.74, 6) is -3.83. The predicted molar refractivity (Wildman–Crippen MR) is 98.2 cm³/mol. The van der Waals surface area contributed by atoms with E-state index in [0.29, 0.717) is 6.54 Å². The minimum atomic E-state index is -1.00. The van der Waals surface area contributed by atoms with E-state index in [1.165, 1.54) is 12.1 Å². The standard InChI is InChI=1S/C21H20F3NO2/c1-4-7-19(25(3)12-5-2)27-18-11-10-14(13-17(18)24)21(26)20-15(22)8-6-9-16(20)23/h4-11,13,19H,2,12H2,1,3H3/b7-4+. The molecule has 0 aliphatic carbocycles. The van der Waals surface area contributed by atoms with Gasteiger partial charge in [0.1, 0.15) is 11.6 Å². The Labute approximate surface area is 156 Å². The third-order valence-corrected chi connectivity index (χ3v) is 3.84. The molecule has 2 aromatic carbocycles. The molecule has 0 aliphatic heterocycles. The Hall–Kier alpha value is -2.86. The number of carbonyl (C=O) groups is 1. The zero-order valence-electron chi connectivity index (χ0n) is 15.1. The van der Waals surface area contributed by atoms with Crippen molar-refractivity contribution in [2.24, 2.45) is 0 Å². The molecular formula is C21H20F3NO2. The fraction of sp³-hybridized carbons (Fsp3) is 0.190. The summed E-state index contributed by atoms with van der Waals surface area (Å²) in [6.45, 7) is 5.97. The minimum absolute atomic E-state index is 0.0837. The fourth-order valence-electron chi connectivity index (χ4n) is 2.48. The molecule has 0 bridgehead atoms. The van der Waals surface area contributed by atoms with Crippen LogP contribution in [0.3, 0.4) is 0 Å². The first kappa shape index (κ1) is 20.5. The lowest BCUT2D eigenvalue weighted by Gasteiger charge is -2.25. The Kier molecular flexibility index (Phi) is 6.96. The molecule has 27 heavy (non-hydrogen) atoms. The smallest absolute Gasteiger partial charge is 0.199 e. The highest BCUT2D eigenvalue weighted by Gasteiger charge is 2.21. The maximum atomic E-state index is 14.4. The Bertz CT molecular complexity index is 844. The van der Waals surface area contributed by atoms with Crippen LogP contribution in [0, 0.1) is 17.5 Å². The lowest BCUT2D eigenvalue weighted by molar-refractivity contribution is 0.0904. The van der Waals surface area contributed by atoms with Crippen LogP contribution in [0.25, 0.3) is 0 Å². The maximum Gasteiger partial charge on any atom is 0.199 e. The first-order valence-corrected chi connectivity index (χ1v) is 8.28. The molecule has 0 amide bonds. The summed E-state index contributed by atoms with van der Waals surface area (Å²) in [7, 11) is 1.78. The molecule has 0 N–H and O–H groups in total. The summed E-state index contributed by atoms with van der Waals surface area (Å²) in [5, 5.41) is 0. The van der Waals surface area contributed by atoms with Crippen molar-refractivity contribution in [3.8, 4) is 5.75 Å². The number of ether oxygens (including phenoxy) is 1. The van der Waals surface area contributed by atoms with Gasteiger partial charge in [-0.2, -0.15) is 0 Å². The number of halogens is 3. The molecule has 0 aliphatic rings. The van der Waals surface area contributed by atoms with E-state index in [4.69, 9.17) is 4.74 Å². The van der Waals surface area contributed by atoms with Gasteiger partial charge in [-0.05, 0) is 50.4 Å². The minimum Gasteiger partial charge on any atom is -0.468 e. The third-order valence-electron chi connectivity index (χ3n) is 3.84. The summed E-state index contributed by atoms with van der Waals surface area (Å²) in [6.07, 6.45) is 4.63. The van der Waals surface area contributed by atoms with Crippen LogP contribution in [-0.4, -0.2) is 30.5 Å². The molecule has 2 rings (SSSR count). The van der Waals surface area contributed by atoms with Crippen molar-refractivity contribution >= 4 is 5.78 Å². The number of ketones is 1. The van der Waals surface area contributed by atoms with Crippen molar-refractivity contribution in [2.45, 2.75) is 13.2 Å². The monoisotopic (exact) mass is 375 g/mol. The van der Waals surface area contributed by atoms with Crippen molar-refractivity contribution in [2.75, 3.05) is 13.6 Å². The summed E-state index contributed by atoms with van der Waals surface area (Å²) in [5.41, 5.74) is -0.894. The molecule has 142 valence electrons. The summed E-state index contributed by atoms with van der Waals surface area (Å²) >= 11 is 0. The molecule has 6 heteroatoms. The van der Waals surface area contributed by atoms with Gasteiger partial charge in [0, 0.05) is 12.1 Å². The quantitative estimate of drug-likeness (QED) is 0.379. The van der Waals surface area contributed by atoms with Crippen LogP contribution in [0.5, 0.6) is 5.75 Å². The van der Waals surface area contributed by atoms with Gasteiger partial charge in [0.25, 0.3) is 0 Å². The van der Waals surface area contributed by atoms with Gasteiger partial charge < -0.3 is 4.74 Å². The van der Waals surface area contributed by atoms with Gasteiger partial charge >= 0.3 is 0 Å². The van der Waals surface area contributed by atoms with E-state index in [1.807, 2.05) is 0 Å². The Balaban J connectivity index is 2.29. The predicted octanol–water partition coefficient (Wildman–Crippen LogP) is 4.73. The van der Waals surface area contributed by atoms with E-state index in [0.717, 1.165) is 24.3 Å². The number of allylic oxidation sites excluding steroid dienone is 1. The largest absolute Gasteiger partial charge is 0.468 e. The molecule has 0 aromatic heterocycles. The second kappa shape index (κ2) is 9.19.